The van der Waals surface area contributed by atoms with E-state index in [1.807, 2.05) is 19.1 Å². The monoisotopic (exact) mass is 404 g/mol. The van der Waals surface area contributed by atoms with Crippen molar-refractivity contribution in [2.75, 3.05) is 13.1 Å². The van der Waals surface area contributed by atoms with Crippen molar-refractivity contribution in [1.82, 2.24) is 18.8 Å². The highest BCUT2D eigenvalue weighted by Gasteiger charge is 2.31. The van der Waals surface area contributed by atoms with E-state index in [1.54, 1.807) is 28.7 Å². The van der Waals surface area contributed by atoms with Gasteiger partial charge < -0.3 is 4.57 Å². The van der Waals surface area contributed by atoms with Gasteiger partial charge in [-0.25, -0.2) is 18.4 Å². The van der Waals surface area contributed by atoms with Crippen LogP contribution in [0.1, 0.15) is 18.7 Å². The van der Waals surface area contributed by atoms with Gasteiger partial charge in [0.2, 0.25) is 10.0 Å². The molecule has 1 unspecified atom stereocenters. The van der Waals surface area contributed by atoms with Crippen LogP contribution in [0.5, 0.6) is 0 Å². The molecular formula is C19H21ClN4O2S. The van der Waals surface area contributed by atoms with Crippen LogP contribution in [0.4, 0.5) is 0 Å². The molecule has 1 fully saturated rings. The minimum atomic E-state index is -3.54. The molecule has 0 aliphatic carbocycles. The van der Waals surface area contributed by atoms with E-state index in [0.717, 1.165) is 29.8 Å². The molecule has 142 valence electrons. The van der Waals surface area contributed by atoms with Crippen molar-refractivity contribution in [3.63, 3.8) is 0 Å². The Kier molecular flexibility index (Phi) is 4.92. The molecule has 0 radical (unpaired) electrons. The molecule has 1 atom stereocenters. The predicted octanol–water partition coefficient (Wildman–Crippen LogP) is 3.49. The lowest BCUT2D eigenvalue weighted by atomic mass is 9.99. The molecule has 4 rings (SSSR count). The molecule has 27 heavy (non-hydrogen) atoms. The van der Waals surface area contributed by atoms with Crippen LogP contribution in [-0.2, 0) is 16.6 Å². The summed E-state index contributed by atoms with van der Waals surface area (Å²) in [6, 6.07) is 10.3. The van der Waals surface area contributed by atoms with Gasteiger partial charge in [0.05, 0.1) is 4.90 Å². The van der Waals surface area contributed by atoms with Crippen molar-refractivity contribution in [2.45, 2.75) is 31.2 Å². The molecule has 0 bridgehead atoms. The maximum Gasteiger partial charge on any atom is 0.243 e. The number of pyridine rings is 1. The number of aromatic nitrogens is 3. The Labute approximate surface area is 163 Å². The summed E-state index contributed by atoms with van der Waals surface area (Å²) in [4.78, 5) is 9.26. The van der Waals surface area contributed by atoms with E-state index in [9.17, 15) is 8.42 Å². The fourth-order valence-electron chi connectivity index (χ4n) is 3.72. The summed E-state index contributed by atoms with van der Waals surface area (Å²) in [6.45, 7) is 3.69. The predicted molar refractivity (Wildman–Crippen MR) is 105 cm³/mol. The van der Waals surface area contributed by atoms with Gasteiger partial charge in [-0.2, -0.15) is 4.31 Å². The van der Waals surface area contributed by atoms with E-state index in [0.29, 0.717) is 24.7 Å². The Bertz CT molecular complexity index is 1080. The standard InChI is InChI=1S/C19H21ClN4O2S/c1-14-22-18-8-3-9-21-19(18)24(14)13-15-5-4-10-23(12-15)27(25,26)17-7-2-6-16(20)11-17/h2-3,6-9,11,15H,4-5,10,12-13H2,1H3. The molecule has 3 heterocycles. The van der Waals surface area contributed by atoms with Gasteiger partial charge >= 0.3 is 0 Å². The number of imidazole rings is 1. The minimum absolute atomic E-state index is 0.214. The second-order valence-electron chi connectivity index (χ2n) is 6.94. The Hall–Kier alpha value is -1.96. The van der Waals surface area contributed by atoms with E-state index >= 15 is 0 Å². The van der Waals surface area contributed by atoms with Gasteiger partial charge in [-0.05, 0) is 56.0 Å². The molecular weight excluding hydrogens is 384 g/mol. The third-order valence-electron chi connectivity index (χ3n) is 5.05. The van der Waals surface area contributed by atoms with E-state index < -0.39 is 10.0 Å². The quantitative estimate of drug-likeness (QED) is 0.667. The fraction of sp³-hybridized carbons (Fsp3) is 0.368. The normalized spacial score (nSPS) is 18.8. The zero-order valence-corrected chi connectivity index (χ0v) is 16.6. The van der Waals surface area contributed by atoms with Crippen molar-refractivity contribution in [1.29, 1.82) is 0 Å². The molecule has 2 aromatic heterocycles. The summed E-state index contributed by atoms with van der Waals surface area (Å²) in [5.74, 6) is 1.12. The van der Waals surface area contributed by atoms with E-state index in [4.69, 9.17) is 11.6 Å². The molecule has 6 nitrogen and oxygen atoms in total. The van der Waals surface area contributed by atoms with Crippen LogP contribution >= 0.6 is 11.6 Å². The summed E-state index contributed by atoms with van der Waals surface area (Å²) < 4.78 is 29.7. The third kappa shape index (κ3) is 3.59. The van der Waals surface area contributed by atoms with Crippen LogP contribution < -0.4 is 0 Å². The third-order valence-corrected chi connectivity index (χ3v) is 7.15. The first-order valence-corrected chi connectivity index (χ1v) is 10.8. The van der Waals surface area contributed by atoms with Crippen LogP contribution in [-0.4, -0.2) is 40.3 Å². The van der Waals surface area contributed by atoms with Gasteiger partial charge in [0.15, 0.2) is 5.65 Å². The Morgan fingerprint density at radius 1 is 1.26 bits per heavy atom. The number of hydrogen-bond acceptors (Lipinski definition) is 4. The molecule has 0 amide bonds. The van der Waals surface area contributed by atoms with Crippen LogP contribution in [0.25, 0.3) is 11.2 Å². The molecule has 1 aliphatic rings. The number of sulfonamides is 1. The first kappa shape index (κ1) is 18.4. The number of hydrogen-bond donors (Lipinski definition) is 0. The summed E-state index contributed by atoms with van der Waals surface area (Å²) in [5.41, 5.74) is 1.72. The maximum atomic E-state index is 13.0. The smallest absolute Gasteiger partial charge is 0.243 e. The van der Waals surface area contributed by atoms with Gasteiger partial charge in [0, 0.05) is 30.9 Å². The molecule has 1 aromatic carbocycles. The van der Waals surface area contributed by atoms with Crippen LogP contribution in [0.3, 0.4) is 0 Å². The molecule has 0 saturated carbocycles. The van der Waals surface area contributed by atoms with Crippen LogP contribution in [0.2, 0.25) is 5.02 Å². The van der Waals surface area contributed by atoms with Crippen LogP contribution in [0, 0.1) is 12.8 Å². The lowest BCUT2D eigenvalue weighted by Crippen LogP contribution is -2.41. The zero-order chi connectivity index (χ0) is 19.0. The largest absolute Gasteiger partial charge is 0.313 e. The first-order chi connectivity index (χ1) is 12.9. The van der Waals surface area contributed by atoms with Gasteiger partial charge in [0.1, 0.15) is 11.3 Å². The summed E-state index contributed by atoms with van der Waals surface area (Å²) in [6.07, 6.45) is 3.58. The number of fused-ring (bicyclic) bond motifs is 1. The van der Waals surface area contributed by atoms with Crippen molar-refractivity contribution >= 4 is 32.8 Å². The number of piperidine rings is 1. The maximum absolute atomic E-state index is 13.0. The lowest BCUT2D eigenvalue weighted by Gasteiger charge is -2.32. The summed E-state index contributed by atoms with van der Waals surface area (Å²) in [5, 5.41) is 0.427. The Morgan fingerprint density at radius 2 is 2.11 bits per heavy atom. The van der Waals surface area contributed by atoms with Gasteiger partial charge in [-0.3, -0.25) is 0 Å². The lowest BCUT2D eigenvalue weighted by molar-refractivity contribution is 0.245. The number of nitrogens with zero attached hydrogens (tertiary/aromatic N) is 4. The number of halogens is 1. The van der Waals surface area contributed by atoms with E-state index in [2.05, 4.69) is 14.5 Å². The van der Waals surface area contributed by atoms with Crippen molar-refractivity contribution in [3.8, 4) is 0 Å². The fourth-order valence-corrected chi connectivity index (χ4v) is 5.58. The topological polar surface area (TPSA) is 68.1 Å². The second-order valence-corrected chi connectivity index (χ2v) is 9.32. The number of benzene rings is 1. The van der Waals surface area contributed by atoms with E-state index in [1.165, 1.54) is 6.07 Å². The summed E-state index contributed by atoms with van der Waals surface area (Å²) in [7, 11) is -3.54. The molecule has 0 spiro atoms. The molecule has 1 saturated heterocycles. The second kappa shape index (κ2) is 7.22. The van der Waals surface area contributed by atoms with Crippen molar-refractivity contribution in [3.05, 3.63) is 53.4 Å². The van der Waals surface area contributed by atoms with E-state index in [-0.39, 0.29) is 10.8 Å². The molecule has 1 aliphatic heterocycles. The highest BCUT2D eigenvalue weighted by Crippen LogP contribution is 2.27. The number of aryl methyl sites for hydroxylation is 1. The van der Waals surface area contributed by atoms with Gasteiger partial charge in [-0.15, -0.1) is 0 Å². The highest BCUT2D eigenvalue weighted by atomic mass is 35.5. The van der Waals surface area contributed by atoms with Crippen molar-refractivity contribution < 1.29 is 8.42 Å². The van der Waals surface area contributed by atoms with Crippen LogP contribution in [0.15, 0.2) is 47.5 Å². The Morgan fingerprint density at radius 3 is 2.93 bits per heavy atom. The van der Waals surface area contributed by atoms with Crippen molar-refractivity contribution in [2.24, 2.45) is 5.92 Å². The first-order valence-electron chi connectivity index (χ1n) is 8.99. The average Bonchev–Trinajstić information content (AvgIpc) is 2.97. The zero-order valence-electron chi connectivity index (χ0n) is 15.0. The summed E-state index contributed by atoms with van der Waals surface area (Å²) >= 11 is 5.99. The average molecular weight is 405 g/mol. The molecule has 0 N–H and O–H groups in total. The molecule has 8 heteroatoms. The molecule has 3 aromatic rings. The van der Waals surface area contributed by atoms with Gasteiger partial charge in [0.25, 0.3) is 0 Å². The Balaban J connectivity index is 1.57. The van der Waals surface area contributed by atoms with Gasteiger partial charge in [-0.1, -0.05) is 17.7 Å². The SMILES string of the molecule is Cc1nc2cccnc2n1CC1CCCN(S(=O)(=O)c2cccc(Cl)c2)C1. The number of rotatable bonds is 4. The minimum Gasteiger partial charge on any atom is -0.313 e. The highest BCUT2D eigenvalue weighted by molar-refractivity contribution is 7.89.